The number of hydrogen-bond donors (Lipinski definition) is 3. The van der Waals surface area contributed by atoms with Crippen molar-refractivity contribution < 1.29 is 14.4 Å². The van der Waals surface area contributed by atoms with Crippen LogP contribution >= 0.6 is 0 Å². The van der Waals surface area contributed by atoms with E-state index in [-0.39, 0.29) is 23.8 Å². The zero-order valence-electron chi connectivity index (χ0n) is 15.3. The van der Waals surface area contributed by atoms with Crippen LogP contribution in [-0.2, 0) is 9.59 Å². The Morgan fingerprint density at radius 3 is 2.63 bits per heavy atom. The number of amides is 4. The third-order valence-corrected chi connectivity index (χ3v) is 6.25. The molecule has 3 aliphatic rings. The highest BCUT2D eigenvalue weighted by Crippen LogP contribution is 2.41. The number of nitrogens with one attached hydrogen (secondary N) is 3. The highest BCUT2D eigenvalue weighted by molar-refractivity contribution is 6.08. The van der Waals surface area contributed by atoms with Crippen molar-refractivity contribution in [3.63, 3.8) is 0 Å². The number of carbonyl (C=O) groups is 3. The third kappa shape index (κ3) is 3.24. The SMILES string of the molecule is C=Cc1cccc(C(NC(=O)C2CC3(C2)NC(=O)NC3=O)C2CCCC2)c1. The Bertz CT molecular complexity index is 792. The predicted octanol–water partition coefficient (Wildman–Crippen LogP) is 2.67. The molecule has 1 atom stereocenters. The van der Waals surface area contributed by atoms with Crippen LogP contribution in [0.3, 0.4) is 0 Å². The molecule has 3 N–H and O–H groups in total. The molecule has 2 aliphatic carbocycles. The van der Waals surface area contributed by atoms with Crippen LogP contribution in [0.5, 0.6) is 0 Å². The Morgan fingerprint density at radius 1 is 1.26 bits per heavy atom. The lowest BCUT2D eigenvalue weighted by Gasteiger charge is -2.42. The number of rotatable bonds is 5. The van der Waals surface area contributed by atoms with E-state index in [1.54, 1.807) is 0 Å². The molecule has 1 aromatic carbocycles. The van der Waals surface area contributed by atoms with E-state index in [9.17, 15) is 14.4 Å². The molecule has 0 aromatic heterocycles. The van der Waals surface area contributed by atoms with Crippen LogP contribution < -0.4 is 16.0 Å². The number of urea groups is 1. The molecule has 1 aliphatic heterocycles. The normalized spacial score (nSPS) is 28.4. The maximum absolute atomic E-state index is 12.9. The Balaban J connectivity index is 1.47. The molecule has 1 heterocycles. The summed E-state index contributed by atoms with van der Waals surface area (Å²) >= 11 is 0. The zero-order valence-corrected chi connectivity index (χ0v) is 15.3. The molecule has 27 heavy (non-hydrogen) atoms. The first-order valence-electron chi connectivity index (χ1n) is 9.67. The summed E-state index contributed by atoms with van der Waals surface area (Å²) in [6.07, 6.45) is 7.13. The first-order valence-corrected chi connectivity index (χ1v) is 9.67. The van der Waals surface area contributed by atoms with Crippen LogP contribution in [0.25, 0.3) is 6.08 Å². The van der Waals surface area contributed by atoms with Gasteiger partial charge in [0.25, 0.3) is 5.91 Å². The fraction of sp³-hybridized carbons (Fsp3) is 0.476. The summed E-state index contributed by atoms with van der Waals surface area (Å²) in [6.45, 7) is 3.83. The molecule has 1 unspecified atom stereocenters. The van der Waals surface area contributed by atoms with Crippen LogP contribution in [0.4, 0.5) is 4.79 Å². The van der Waals surface area contributed by atoms with E-state index in [4.69, 9.17) is 0 Å². The second-order valence-corrected chi connectivity index (χ2v) is 8.00. The molecule has 1 spiro atoms. The molecule has 1 aromatic rings. The van der Waals surface area contributed by atoms with Gasteiger partial charge >= 0.3 is 6.03 Å². The van der Waals surface area contributed by atoms with Gasteiger partial charge in [-0.2, -0.15) is 0 Å². The maximum Gasteiger partial charge on any atom is 0.322 e. The summed E-state index contributed by atoms with van der Waals surface area (Å²) in [6, 6.07) is 7.65. The fourth-order valence-electron chi connectivity index (χ4n) is 4.70. The molecule has 142 valence electrons. The number of hydrogen-bond acceptors (Lipinski definition) is 3. The Morgan fingerprint density at radius 2 is 2.00 bits per heavy atom. The molecular formula is C21H25N3O3. The lowest BCUT2D eigenvalue weighted by molar-refractivity contribution is -0.137. The summed E-state index contributed by atoms with van der Waals surface area (Å²) in [5.74, 6) is -0.170. The molecule has 6 nitrogen and oxygen atoms in total. The van der Waals surface area contributed by atoms with Crippen molar-refractivity contribution in [1.29, 1.82) is 0 Å². The molecule has 0 radical (unpaired) electrons. The monoisotopic (exact) mass is 367 g/mol. The number of carbonyl (C=O) groups excluding carboxylic acids is 3. The van der Waals surface area contributed by atoms with Crippen molar-refractivity contribution in [3.05, 3.63) is 42.0 Å². The van der Waals surface area contributed by atoms with Crippen molar-refractivity contribution in [2.24, 2.45) is 11.8 Å². The Labute approximate surface area is 158 Å². The second kappa shape index (κ2) is 6.83. The van der Waals surface area contributed by atoms with Gasteiger partial charge in [0.2, 0.25) is 5.91 Å². The molecule has 6 heteroatoms. The first-order chi connectivity index (χ1) is 13.0. The van der Waals surface area contributed by atoms with Gasteiger partial charge in [0.1, 0.15) is 5.54 Å². The Hall–Kier alpha value is -2.63. The smallest absolute Gasteiger partial charge is 0.322 e. The third-order valence-electron chi connectivity index (χ3n) is 6.25. The molecular weight excluding hydrogens is 342 g/mol. The zero-order chi connectivity index (χ0) is 19.0. The lowest BCUT2D eigenvalue weighted by Crippen LogP contribution is -2.60. The molecule has 2 saturated carbocycles. The molecule has 1 saturated heterocycles. The van der Waals surface area contributed by atoms with Crippen LogP contribution in [0.2, 0.25) is 0 Å². The lowest BCUT2D eigenvalue weighted by atomic mass is 9.67. The average Bonchev–Trinajstić information content (AvgIpc) is 3.25. The van der Waals surface area contributed by atoms with Gasteiger partial charge in [-0.1, -0.05) is 43.7 Å². The second-order valence-electron chi connectivity index (χ2n) is 8.00. The van der Waals surface area contributed by atoms with E-state index in [2.05, 4.69) is 34.7 Å². The minimum atomic E-state index is -0.884. The van der Waals surface area contributed by atoms with Crippen LogP contribution in [0.1, 0.15) is 55.7 Å². The predicted molar refractivity (Wildman–Crippen MR) is 102 cm³/mol. The first kappa shape index (κ1) is 17.8. The summed E-state index contributed by atoms with van der Waals surface area (Å²) in [5.41, 5.74) is 1.26. The average molecular weight is 367 g/mol. The van der Waals surface area contributed by atoms with Gasteiger partial charge in [-0.05, 0) is 48.8 Å². The summed E-state index contributed by atoms with van der Waals surface area (Å²) in [5, 5.41) is 8.17. The van der Waals surface area contributed by atoms with Gasteiger partial charge < -0.3 is 10.6 Å². The van der Waals surface area contributed by atoms with Crippen LogP contribution in [0.15, 0.2) is 30.8 Å². The van der Waals surface area contributed by atoms with E-state index in [1.165, 1.54) is 12.8 Å². The van der Waals surface area contributed by atoms with Gasteiger partial charge in [-0.15, -0.1) is 0 Å². The Kier molecular flexibility index (Phi) is 4.50. The van der Waals surface area contributed by atoms with Gasteiger partial charge in [-0.3, -0.25) is 14.9 Å². The highest BCUT2D eigenvalue weighted by atomic mass is 16.2. The van der Waals surface area contributed by atoms with E-state index in [1.807, 2.05) is 18.2 Å². The van der Waals surface area contributed by atoms with Crippen molar-refractivity contribution in [1.82, 2.24) is 16.0 Å². The standard InChI is InChI=1S/C21H25N3O3/c1-2-13-6-5-9-15(10-13)17(14-7-3-4-8-14)22-18(25)16-11-21(12-16)19(26)23-20(27)24-21/h2,5-6,9-10,14,16-17H,1,3-4,7-8,11-12H2,(H,22,25)(H2,23,24,26,27). The van der Waals surface area contributed by atoms with Crippen molar-refractivity contribution in [2.45, 2.75) is 50.1 Å². The van der Waals surface area contributed by atoms with E-state index in [0.717, 1.165) is 24.0 Å². The van der Waals surface area contributed by atoms with E-state index >= 15 is 0 Å². The quantitative estimate of drug-likeness (QED) is 0.699. The van der Waals surface area contributed by atoms with Crippen LogP contribution in [-0.4, -0.2) is 23.4 Å². The molecule has 0 bridgehead atoms. The summed E-state index contributed by atoms with van der Waals surface area (Å²) < 4.78 is 0. The maximum atomic E-state index is 12.9. The topological polar surface area (TPSA) is 87.3 Å². The minimum absolute atomic E-state index is 0.0246. The van der Waals surface area contributed by atoms with Crippen LogP contribution in [0, 0.1) is 11.8 Å². The van der Waals surface area contributed by atoms with E-state index in [0.29, 0.717) is 18.8 Å². The molecule has 3 fully saturated rings. The summed E-state index contributed by atoms with van der Waals surface area (Å²) in [4.78, 5) is 36.2. The number of imide groups is 1. The minimum Gasteiger partial charge on any atom is -0.349 e. The van der Waals surface area contributed by atoms with Gasteiger partial charge in [0.05, 0.1) is 6.04 Å². The largest absolute Gasteiger partial charge is 0.349 e. The highest BCUT2D eigenvalue weighted by Gasteiger charge is 2.57. The summed E-state index contributed by atoms with van der Waals surface area (Å²) in [7, 11) is 0. The molecule has 4 rings (SSSR count). The number of benzene rings is 1. The van der Waals surface area contributed by atoms with Gasteiger partial charge in [0, 0.05) is 5.92 Å². The van der Waals surface area contributed by atoms with Crippen molar-refractivity contribution >= 4 is 23.9 Å². The van der Waals surface area contributed by atoms with Gasteiger partial charge in [-0.25, -0.2) is 4.79 Å². The van der Waals surface area contributed by atoms with Crippen molar-refractivity contribution in [3.8, 4) is 0 Å². The fourth-order valence-corrected chi connectivity index (χ4v) is 4.70. The van der Waals surface area contributed by atoms with E-state index < -0.39 is 11.6 Å². The van der Waals surface area contributed by atoms with Crippen molar-refractivity contribution in [2.75, 3.05) is 0 Å². The van der Waals surface area contributed by atoms with Gasteiger partial charge in [0.15, 0.2) is 0 Å². The molecule has 4 amide bonds.